The molecule has 1 aliphatic heterocycles. The van der Waals surface area contributed by atoms with Gasteiger partial charge in [-0.3, -0.25) is 4.90 Å². The third-order valence-electron chi connectivity index (χ3n) is 3.48. The van der Waals surface area contributed by atoms with E-state index in [9.17, 15) is 0 Å². The molecule has 0 atom stereocenters. The Labute approximate surface area is 125 Å². The Morgan fingerprint density at radius 3 is 2.84 bits per heavy atom. The predicted octanol–water partition coefficient (Wildman–Crippen LogP) is 1.56. The first-order chi connectivity index (χ1) is 9.24. The van der Waals surface area contributed by atoms with Crippen LogP contribution in [0.2, 0.25) is 0 Å². The van der Waals surface area contributed by atoms with Crippen LogP contribution in [-0.4, -0.2) is 47.3 Å². The number of benzene rings is 1. The van der Waals surface area contributed by atoms with Crippen molar-refractivity contribution in [1.29, 1.82) is 0 Å². The highest BCUT2D eigenvalue weighted by Crippen LogP contribution is 2.20. The Kier molecular flexibility index (Phi) is 3.90. The summed E-state index contributed by atoms with van der Waals surface area (Å²) in [6.45, 7) is 5.54. The van der Waals surface area contributed by atoms with Crippen molar-refractivity contribution in [2.45, 2.75) is 6.54 Å². The number of ether oxygens (including phenoxy) is 1. The first kappa shape index (κ1) is 13.1. The summed E-state index contributed by atoms with van der Waals surface area (Å²) in [4.78, 5) is 6.83. The number of fused-ring (bicyclic) bond motifs is 1. The summed E-state index contributed by atoms with van der Waals surface area (Å²) >= 11 is 2.29. The van der Waals surface area contributed by atoms with E-state index in [2.05, 4.69) is 55.2 Å². The maximum atomic E-state index is 6.03. The number of nitrogens with zero attached hydrogens (tertiary/aromatic N) is 3. The summed E-state index contributed by atoms with van der Waals surface area (Å²) in [7, 11) is 0. The van der Waals surface area contributed by atoms with Crippen molar-refractivity contribution in [2.75, 3.05) is 38.6 Å². The Morgan fingerprint density at radius 2 is 2.05 bits per heavy atom. The van der Waals surface area contributed by atoms with E-state index in [0.29, 0.717) is 5.95 Å². The van der Waals surface area contributed by atoms with E-state index in [1.807, 2.05) is 0 Å². The van der Waals surface area contributed by atoms with Gasteiger partial charge in [-0.05, 0) is 40.8 Å². The Hall–Kier alpha value is -0.860. The van der Waals surface area contributed by atoms with Gasteiger partial charge < -0.3 is 15.0 Å². The summed E-state index contributed by atoms with van der Waals surface area (Å²) in [5, 5.41) is 0. The zero-order chi connectivity index (χ0) is 13.2. The molecule has 0 radical (unpaired) electrons. The number of aromatic nitrogens is 2. The first-order valence-corrected chi connectivity index (χ1v) is 7.53. The monoisotopic (exact) mass is 372 g/mol. The van der Waals surface area contributed by atoms with Gasteiger partial charge in [0.15, 0.2) is 0 Å². The lowest BCUT2D eigenvalue weighted by atomic mass is 10.3. The van der Waals surface area contributed by atoms with Gasteiger partial charge >= 0.3 is 0 Å². The first-order valence-electron chi connectivity index (χ1n) is 6.45. The van der Waals surface area contributed by atoms with Crippen molar-refractivity contribution in [2.24, 2.45) is 0 Å². The summed E-state index contributed by atoms with van der Waals surface area (Å²) in [5.74, 6) is 0.602. The zero-order valence-corrected chi connectivity index (χ0v) is 12.8. The van der Waals surface area contributed by atoms with Crippen molar-refractivity contribution in [1.82, 2.24) is 14.5 Å². The minimum Gasteiger partial charge on any atom is -0.379 e. The van der Waals surface area contributed by atoms with Crippen LogP contribution in [0.25, 0.3) is 11.0 Å². The van der Waals surface area contributed by atoms with E-state index < -0.39 is 0 Å². The third-order valence-corrected chi connectivity index (χ3v) is 4.15. The van der Waals surface area contributed by atoms with Gasteiger partial charge in [-0.1, -0.05) is 0 Å². The van der Waals surface area contributed by atoms with Gasteiger partial charge in [0.1, 0.15) is 0 Å². The van der Waals surface area contributed by atoms with Crippen LogP contribution in [-0.2, 0) is 11.3 Å². The molecule has 0 amide bonds. The van der Waals surface area contributed by atoms with Crippen molar-refractivity contribution < 1.29 is 4.74 Å². The van der Waals surface area contributed by atoms with E-state index >= 15 is 0 Å². The van der Waals surface area contributed by atoms with Gasteiger partial charge in [0.25, 0.3) is 0 Å². The average Bonchev–Trinajstić information content (AvgIpc) is 2.72. The molecule has 2 heterocycles. The van der Waals surface area contributed by atoms with Crippen molar-refractivity contribution in [3.05, 3.63) is 21.8 Å². The predicted molar refractivity (Wildman–Crippen MR) is 84.1 cm³/mol. The lowest BCUT2D eigenvalue weighted by molar-refractivity contribution is 0.0366. The van der Waals surface area contributed by atoms with E-state index in [1.54, 1.807) is 0 Å². The third kappa shape index (κ3) is 2.85. The van der Waals surface area contributed by atoms with Gasteiger partial charge in [0, 0.05) is 29.7 Å². The number of halogens is 1. The highest BCUT2D eigenvalue weighted by Gasteiger charge is 2.12. The largest absolute Gasteiger partial charge is 0.379 e. The molecule has 1 saturated heterocycles. The SMILES string of the molecule is Nc1nc2cc(I)ccc2n1CCN1CCOCC1. The van der Waals surface area contributed by atoms with Gasteiger partial charge in [0.2, 0.25) is 5.95 Å². The second kappa shape index (κ2) is 5.64. The second-order valence-electron chi connectivity index (χ2n) is 4.71. The number of anilines is 1. The van der Waals surface area contributed by atoms with Crippen molar-refractivity contribution >= 4 is 39.6 Å². The number of nitrogens with two attached hydrogens (primary N) is 1. The van der Waals surface area contributed by atoms with Crippen LogP contribution >= 0.6 is 22.6 Å². The molecule has 3 rings (SSSR count). The van der Waals surface area contributed by atoms with Crippen LogP contribution in [0.5, 0.6) is 0 Å². The molecular formula is C13H17IN4O. The topological polar surface area (TPSA) is 56.3 Å². The summed E-state index contributed by atoms with van der Waals surface area (Å²) in [6.07, 6.45) is 0. The van der Waals surface area contributed by atoms with Gasteiger partial charge in [-0.2, -0.15) is 0 Å². The van der Waals surface area contributed by atoms with Crippen molar-refractivity contribution in [3.63, 3.8) is 0 Å². The molecule has 2 aromatic rings. The second-order valence-corrected chi connectivity index (χ2v) is 5.95. The molecular weight excluding hydrogens is 355 g/mol. The van der Waals surface area contributed by atoms with Crippen LogP contribution in [0, 0.1) is 3.57 Å². The molecule has 1 aromatic heterocycles. The van der Waals surface area contributed by atoms with Gasteiger partial charge in [-0.15, -0.1) is 0 Å². The molecule has 2 N–H and O–H groups in total. The van der Waals surface area contributed by atoms with Crippen LogP contribution in [0.1, 0.15) is 0 Å². The summed E-state index contributed by atoms with van der Waals surface area (Å²) in [6, 6.07) is 6.26. The summed E-state index contributed by atoms with van der Waals surface area (Å²) < 4.78 is 8.64. The quantitative estimate of drug-likeness (QED) is 0.831. The smallest absolute Gasteiger partial charge is 0.201 e. The molecule has 1 fully saturated rings. The standard InChI is InChI=1S/C13H17IN4O/c14-10-1-2-12-11(9-10)16-13(15)18(12)4-3-17-5-7-19-8-6-17/h1-2,9H,3-8H2,(H2,15,16). The van der Waals surface area contributed by atoms with Crippen LogP contribution in [0.15, 0.2) is 18.2 Å². The maximum absolute atomic E-state index is 6.03. The molecule has 0 unspecified atom stereocenters. The molecule has 102 valence electrons. The minimum atomic E-state index is 0.602. The van der Waals surface area contributed by atoms with Crippen molar-refractivity contribution in [3.8, 4) is 0 Å². The number of rotatable bonds is 3. The van der Waals surface area contributed by atoms with Crippen LogP contribution in [0.4, 0.5) is 5.95 Å². The maximum Gasteiger partial charge on any atom is 0.201 e. The minimum absolute atomic E-state index is 0.602. The molecule has 6 heteroatoms. The highest BCUT2D eigenvalue weighted by molar-refractivity contribution is 14.1. The Morgan fingerprint density at radius 1 is 1.26 bits per heavy atom. The average molecular weight is 372 g/mol. The number of imidazole rings is 1. The van der Waals surface area contributed by atoms with E-state index in [4.69, 9.17) is 10.5 Å². The number of hydrogen-bond donors (Lipinski definition) is 1. The van der Waals surface area contributed by atoms with Gasteiger partial charge in [0.05, 0.1) is 24.2 Å². The fraction of sp³-hybridized carbons (Fsp3) is 0.462. The Balaban J connectivity index is 1.78. The molecule has 1 aromatic carbocycles. The fourth-order valence-electron chi connectivity index (χ4n) is 2.42. The highest BCUT2D eigenvalue weighted by atomic mass is 127. The molecule has 1 aliphatic rings. The van der Waals surface area contributed by atoms with Crippen LogP contribution in [0.3, 0.4) is 0 Å². The summed E-state index contributed by atoms with van der Waals surface area (Å²) in [5.41, 5.74) is 8.12. The lowest BCUT2D eigenvalue weighted by Gasteiger charge is -2.26. The van der Waals surface area contributed by atoms with Crippen LogP contribution < -0.4 is 5.73 Å². The number of morpholine rings is 1. The number of nitrogen functional groups attached to an aromatic ring is 1. The fourth-order valence-corrected chi connectivity index (χ4v) is 2.90. The molecule has 0 saturated carbocycles. The normalized spacial score (nSPS) is 17.1. The van der Waals surface area contributed by atoms with E-state index in [-0.39, 0.29) is 0 Å². The zero-order valence-electron chi connectivity index (χ0n) is 10.7. The molecule has 19 heavy (non-hydrogen) atoms. The lowest BCUT2D eigenvalue weighted by Crippen LogP contribution is -2.38. The molecule has 0 spiro atoms. The number of hydrogen-bond acceptors (Lipinski definition) is 4. The molecule has 0 aliphatic carbocycles. The van der Waals surface area contributed by atoms with Gasteiger partial charge in [-0.25, -0.2) is 4.98 Å². The molecule has 0 bridgehead atoms. The van der Waals surface area contributed by atoms with E-state index in [0.717, 1.165) is 50.4 Å². The molecule has 5 nitrogen and oxygen atoms in total. The Bertz CT molecular complexity index is 577. The van der Waals surface area contributed by atoms with E-state index in [1.165, 1.54) is 3.57 Å².